The number of nitrogens with zero attached hydrogens (tertiary/aromatic N) is 3. The van der Waals surface area contributed by atoms with Crippen LogP contribution in [-0.4, -0.2) is 27.3 Å². The minimum atomic E-state index is -0.371. The highest BCUT2D eigenvalue weighted by Crippen LogP contribution is 2.27. The van der Waals surface area contributed by atoms with E-state index >= 15 is 0 Å². The van der Waals surface area contributed by atoms with Crippen LogP contribution >= 0.6 is 0 Å². The van der Waals surface area contributed by atoms with E-state index in [1.165, 1.54) is 6.07 Å². The lowest BCUT2D eigenvalue weighted by atomic mass is 10.1. The summed E-state index contributed by atoms with van der Waals surface area (Å²) in [4.78, 5) is 12.3. The van der Waals surface area contributed by atoms with Crippen LogP contribution in [-0.2, 0) is 17.8 Å². The monoisotopic (exact) mass is 422 g/mol. The summed E-state index contributed by atoms with van der Waals surface area (Å²) in [5.74, 6) is 1.72. The van der Waals surface area contributed by atoms with E-state index in [1.807, 2.05) is 35.8 Å². The lowest BCUT2D eigenvalue weighted by Crippen LogP contribution is -2.13. The Labute approximate surface area is 181 Å². The van der Waals surface area contributed by atoms with E-state index in [-0.39, 0.29) is 11.7 Å². The second-order valence-electron chi connectivity index (χ2n) is 7.91. The average molecular weight is 423 g/mol. The number of carbonyl (C=O) groups excluding carboxylic acids is 1. The lowest BCUT2D eigenvalue weighted by molar-refractivity contribution is -0.116. The highest BCUT2D eigenvalue weighted by Gasteiger charge is 2.19. The van der Waals surface area contributed by atoms with E-state index in [0.29, 0.717) is 36.5 Å². The van der Waals surface area contributed by atoms with Gasteiger partial charge >= 0.3 is 0 Å². The van der Waals surface area contributed by atoms with Crippen LogP contribution in [0.4, 0.5) is 10.1 Å². The Kier molecular flexibility index (Phi) is 6.60. The predicted molar refractivity (Wildman–Crippen MR) is 118 cm³/mol. The number of ether oxygens (including phenoxy) is 1. The summed E-state index contributed by atoms with van der Waals surface area (Å²) in [6, 6.07) is 12.4. The number of amides is 1. The quantitative estimate of drug-likeness (QED) is 0.549. The summed E-state index contributed by atoms with van der Waals surface area (Å²) in [6.45, 7) is 3.25. The molecular formula is C24H27FN4O2. The van der Waals surface area contributed by atoms with Crippen LogP contribution in [0.5, 0.6) is 5.75 Å². The second kappa shape index (κ2) is 9.73. The van der Waals surface area contributed by atoms with Crippen molar-refractivity contribution in [3.05, 3.63) is 59.7 Å². The van der Waals surface area contributed by atoms with E-state index in [4.69, 9.17) is 4.74 Å². The normalized spacial score (nSPS) is 13.4. The van der Waals surface area contributed by atoms with E-state index in [9.17, 15) is 9.18 Å². The zero-order valence-corrected chi connectivity index (χ0v) is 17.7. The molecule has 0 atom stereocenters. The molecular weight excluding hydrogens is 395 g/mol. The van der Waals surface area contributed by atoms with Gasteiger partial charge in [-0.25, -0.2) is 4.39 Å². The van der Waals surface area contributed by atoms with Gasteiger partial charge in [-0.1, -0.05) is 18.6 Å². The van der Waals surface area contributed by atoms with Crippen molar-refractivity contribution < 1.29 is 13.9 Å². The molecule has 0 radical (unpaired) electrons. The van der Waals surface area contributed by atoms with Gasteiger partial charge in [0.1, 0.15) is 17.4 Å². The molecule has 1 aliphatic heterocycles. The van der Waals surface area contributed by atoms with E-state index in [1.54, 1.807) is 12.1 Å². The van der Waals surface area contributed by atoms with Crippen LogP contribution in [0.15, 0.2) is 42.5 Å². The van der Waals surface area contributed by atoms with Crippen molar-refractivity contribution in [2.24, 2.45) is 0 Å². The Balaban J connectivity index is 1.36. The number of fused-ring (bicyclic) bond motifs is 1. The number of carbonyl (C=O) groups is 1. The third-order valence-electron chi connectivity index (χ3n) is 5.41. The number of hydrogen-bond donors (Lipinski definition) is 1. The van der Waals surface area contributed by atoms with E-state index in [2.05, 4.69) is 15.5 Å². The lowest BCUT2D eigenvalue weighted by Gasteiger charge is -2.11. The Morgan fingerprint density at radius 2 is 2.06 bits per heavy atom. The molecule has 4 rings (SSSR count). The number of nitrogens with one attached hydrogen (secondary N) is 1. The molecule has 0 aliphatic carbocycles. The second-order valence-corrected chi connectivity index (χ2v) is 7.91. The largest absolute Gasteiger partial charge is 0.494 e. The molecule has 1 aliphatic rings. The van der Waals surface area contributed by atoms with Crippen molar-refractivity contribution in [2.45, 2.75) is 52.0 Å². The maximum atomic E-state index is 14.6. The fourth-order valence-electron chi connectivity index (χ4n) is 3.81. The zero-order chi connectivity index (χ0) is 21.6. The Morgan fingerprint density at radius 1 is 1.16 bits per heavy atom. The summed E-state index contributed by atoms with van der Waals surface area (Å²) in [5, 5.41) is 11.3. The molecule has 0 unspecified atom stereocenters. The summed E-state index contributed by atoms with van der Waals surface area (Å²) >= 11 is 0. The Morgan fingerprint density at radius 3 is 2.94 bits per heavy atom. The zero-order valence-electron chi connectivity index (χ0n) is 17.7. The van der Waals surface area contributed by atoms with Gasteiger partial charge in [0.2, 0.25) is 5.91 Å². The number of hydrogen-bond acceptors (Lipinski definition) is 4. The molecule has 6 nitrogen and oxygen atoms in total. The van der Waals surface area contributed by atoms with Crippen molar-refractivity contribution in [2.75, 3.05) is 11.9 Å². The van der Waals surface area contributed by atoms with Crippen molar-refractivity contribution >= 4 is 11.6 Å². The SMILES string of the molecule is Cc1cccc(OCCCC(=O)Nc2ccc(F)c(-c3nnc4n3CCCCC4)c2)c1. The van der Waals surface area contributed by atoms with Gasteiger partial charge in [-0.3, -0.25) is 4.79 Å². The number of aryl methyl sites for hydroxylation is 2. The molecule has 31 heavy (non-hydrogen) atoms. The third-order valence-corrected chi connectivity index (χ3v) is 5.41. The number of aromatic nitrogens is 3. The van der Waals surface area contributed by atoms with Gasteiger partial charge in [-0.15, -0.1) is 10.2 Å². The summed E-state index contributed by atoms with van der Waals surface area (Å²) < 4.78 is 22.3. The molecule has 0 saturated heterocycles. The van der Waals surface area contributed by atoms with Gasteiger partial charge in [0.15, 0.2) is 5.82 Å². The van der Waals surface area contributed by atoms with Crippen molar-refractivity contribution in [3.63, 3.8) is 0 Å². The van der Waals surface area contributed by atoms with Crippen LogP contribution < -0.4 is 10.1 Å². The molecule has 7 heteroatoms. The molecule has 1 N–H and O–H groups in total. The van der Waals surface area contributed by atoms with E-state index < -0.39 is 0 Å². The molecule has 1 amide bonds. The Hall–Kier alpha value is -3.22. The third kappa shape index (κ3) is 5.29. The molecule has 0 saturated carbocycles. The first-order valence-corrected chi connectivity index (χ1v) is 10.8. The average Bonchev–Trinajstić information content (AvgIpc) is 3.00. The molecule has 2 aromatic carbocycles. The predicted octanol–water partition coefficient (Wildman–Crippen LogP) is 4.92. The minimum Gasteiger partial charge on any atom is -0.494 e. The van der Waals surface area contributed by atoms with Gasteiger partial charge in [-0.05, 0) is 62.1 Å². The standard InChI is InChI=1S/C24H27FN4O2/c1-17-7-5-8-19(15-17)31-14-6-10-23(30)26-18-11-12-21(25)20(16-18)24-28-27-22-9-3-2-4-13-29(22)24/h5,7-8,11-12,15-16H,2-4,6,9-10,13-14H2,1H3,(H,26,30). The molecule has 0 bridgehead atoms. The maximum Gasteiger partial charge on any atom is 0.224 e. The minimum absolute atomic E-state index is 0.134. The molecule has 0 spiro atoms. The van der Waals surface area contributed by atoms with Gasteiger partial charge in [0, 0.05) is 25.1 Å². The van der Waals surface area contributed by atoms with Crippen LogP contribution in [0.1, 0.15) is 43.5 Å². The first-order valence-electron chi connectivity index (χ1n) is 10.8. The first-order chi connectivity index (χ1) is 15.1. The highest BCUT2D eigenvalue weighted by atomic mass is 19.1. The van der Waals surface area contributed by atoms with Gasteiger partial charge in [-0.2, -0.15) is 0 Å². The Bertz CT molecular complexity index is 1060. The van der Waals surface area contributed by atoms with E-state index in [0.717, 1.165) is 49.4 Å². The van der Waals surface area contributed by atoms with Gasteiger partial charge in [0.05, 0.1) is 12.2 Å². The number of halogens is 1. The summed E-state index contributed by atoms with van der Waals surface area (Å²) in [5.41, 5.74) is 2.04. The molecule has 3 aromatic rings. The fraction of sp³-hybridized carbons (Fsp3) is 0.375. The van der Waals surface area contributed by atoms with Crippen LogP contribution in [0.2, 0.25) is 0 Å². The van der Waals surface area contributed by atoms with Crippen molar-refractivity contribution in [1.82, 2.24) is 14.8 Å². The van der Waals surface area contributed by atoms with Gasteiger partial charge < -0.3 is 14.6 Å². The summed E-state index contributed by atoms with van der Waals surface area (Å²) in [7, 11) is 0. The van der Waals surface area contributed by atoms with Crippen molar-refractivity contribution in [1.29, 1.82) is 0 Å². The topological polar surface area (TPSA) is 69.0 Å². The fourth-order valence-corrected chi connectivity index (χ4v) is 3.81. The van der Waals surface area contributed by atoms with Crippen molar-refractivity contribution in [3.8, 4) is 17.1 Å². The molecule has 0 fully saturated rings. The first kappa shape index (κ1) is 21.0. The number of rotatable bonds is 7. The smallest absolute Gasteiger partial charge is 0.224 e. The summed E-state index contributed by atoms with van der Waals surface area (Å²) in [6.07, 6.45) is 5.00. The van der Waals surface area contributed by atoms with Crippen LogP contribution in [0, 0.1) is 12.7 Å². The van der Waals surface area contributed by atoms with Crippen LogP contribution in [0.25, 0.3) is 11.4 Å². The maximum absolute atomic E-state index is 14.6. The molecule has 1 aromatic heterocycles. The van der Waals surface area contributed by atoms with Gasteiger partial charge in [0.25, 0.3) is 0 Å². The number of benzene rings is 2. The number of anilines is 1. The molecule has 162 valence electrons. The van der Waals surface area contributed by atoms with Crippen LogP contribution in [0.3, 0.4) is 0 Å². The molecule has 2 heterocycles. The highest BCUT2D eigenvalue weighted by molar-refractivity contribution is 5.91.